The van der Waals surface area contributed by atoms with E-state index in [4.69, 9.17) is 14.2 Å². The number of hydrogen-bond acceptors (Lipinski definition) is 8. The van der Waals surface area contributed by atoms with E-state index in [-0.39, 0.29) is 29.4 Å². The highest BCUT2D eigenvalue weighted by molar-refractivity contribution is 7.32. The van der Waals surface area contributed by atoms with Crippen LogP contribution in [0.15, 0.2) is 55.6 Å². The van der Waals surface area contributed by atoms with Crippen molar-refractivity contribution >= 4 is 31.1 Å². The third-order valence-electron chi connectivity index (χ3n) is 5.11. The summed E-state index contributed by atoms with van der Waals surface area (Å²) in [5, 5.41) is 9.49. The molecule has 0 spiro atoms. The van der Waals surface area contributed by atoms with E-state index in [1.807, 2.05) is 0 Å². The Kier molecular flexibility index (Phi) is 6.82. The Balaban J connectivity index is 1.73. The highest BCUT2D eigenvalue weighted by atomic mass is 31.1. The first-order valence-electron chi connectivity index (χ1n) is 9.85. The Morgan fingerprint density at radius 1 is 1.33 bits per heavy atom. The second-order valence-electron chi connectivity index (χ2n) is 7.09. The van der Waals surface area contributed by atoms with Crippen molar-refractivity contribution in [3.8, 4) is 0 Å². The first-order chi connectivity index (χ1) is 16.0. The highest BCUT2D eigenvalue weighted by Gasteiger charge is 2.51. The molecule has 0 radical (unpaired) electrons. The molecule has 0 saturated carbocycles. The average molecular weight is 476 g/mol. The molecule has 172 valence electrons. The van der Waals surface area contributed by atoms with Gasteiger partial charge in [0.25, 0.3) is 5.91 Å². The lowest BCUT2D eigenvalue weighted by Crippen LogP contribution is -2.32. The topological polar surface area (TPSA) is 140 Å². The number of imidazole rings is 1. The summed E-state index contributed by atoms with van der Waals surface area (Å²) in [5.74, 6) is -0.156. The largest absolute Gasteiger partial charge is 0.695 e. The van der Waals surface area contributed by atoms with Gasteiger partial charge in [-0.25, -0.2) is 19.3 Å². The van der Waals surface area contributed by atoms with Crippen LogP contribution in [0.2, 0.25) is 0 Å². The van der Waals surface area contributed by atoms with Gasteiger partial charge in [-0.3, -0.25) is 14.3 Å². The van der Waals surface area contributed by atoms with E-state index in [0.29, 0.717) is 5.56 Å². The van der Waals surface area contributed by atoms with Crippen LogP contribution in [-0.2, 0) is 13.8 Å². The Morgan fingerprint density at radius 2 is 2.09 bits per heavy atom. The number of benzene rings is 1. The molecule has 1 aliphatic heterocycles. The van der Waals surface area contributed by atoms with Crippen molar-refractivity contribution in [2.45, 2.75) is 24.6 Å². The van der Waals surface area contributed by atoms with Gasteiger partial charge in [-0.15, -0.1) is 16.0 Å². The number of fused-ring (bicyclic) bond motifs is 1. The lowest BCUT2D eigenvalue weighted by atomic mass is 10.1. The van der Waals surface area contributed by atoms with Gasteiger partial charge in [-0.2, -0.15) is 0 Å². The Bertz CT molecular complexity index is 1180. The van der Waals surface area contributed by atoms with Gasteiger partial charge in [0.15, 0.2) is 35.5 Å². The third kappa shape index (κ3) is 4.39. The van der Waals surface area contributed by atoms with E-state index in [1.54, 1.807) is 30.3 Å². The summed E-state index contributed by atoms with van der Waals surface area (Å²) in [4.78, 5) is 36.2. The molecule has 2 N–H and O–H groups in total. The van der Waals surface area contributed by atoms with Crippen LogP contribution in [0, 0.1) is 0 Å². The summed E-state index contributed by atoms with van der Waals surface area (Å²) in [6.07, 6.45) is -1.89. The first-order valence-corrected chi connectivity index (χ1v) is 11.0. The molecule has 4 rings (SSSR count). The van der Waals surface area contributed by atoms with Crippen LogP contribution in [0.5, 0.6) is 0 Å². The van der Waals surface area contributed by atoms with Gasteiger partial charge in [0.1, 0.15) is 12.4 Å². The summed E-state index contributed by atoms with van der Waals surface area (Å²) in [5.41, 5.74) is 0.795. The van der Waals surface area contributed by atoms with Crippen molar-refractivity contribution in [3.05, 3.63) is 61.2 Å². The molecule has 1 aliphatic rings. The summed E-state index contributed by atoms with van der Waals surface area (Å²) in [7, 11) is -3.11. The maximum atomic E-state index is 15.1. The van der Waals surface area contributed by atoms with E-state index >= 15 is 4.39 Å². The molecular formula is C20H20FN5O6P+. The molecule has 1 saturated heterocycles. The number of halogens is 1. The molecule has 0 bridgehead atoms. The van der Waals surface area contributed by atoms with E-state index in [2.05, 4.69) is 21.5 Å². The molecule has 3 aromatic rings. The lowest BCUT2D eigenvalue weighted by Gasteiger charge is -2.20. The zero-order valence-electron chi connectivity index (χ0n) is 17.1. The molecule has 13 heteroatoms. The van der Waals surface area contributed by atoms with Gasteiger partial charge in [0, 0.05) is 16.7 Å². The molecule has 1 aromatic carbocycles. The van der Waals surface area contributed by atoms with Crippen molar-refractivity contribution in [2.24, 2.45) is 0 Å². The monoisotopic (exact) mass is 476 g/mol. The van der Waals surface area contributed by atoms with Crippen molar-refractivity contribution in [2.75, 3.05) is 18.1 Å². The molecular weight excluding hydrogens is 456 g/mol. The van der Waals surface area contributed by atoms with Crippen LogP contribution in [-0.4, -0.2) is 67.0 Å². The molecule has 3 heterocycles. The van der Waals surface area contributed by atoms with E-state index in [9.17, 15) is 14.5 Å². The Labute approximate surface area is 188 Å². The number of nitrogens with zero attached hydrogens (tertiary/aromatic N) is 5. The summed E-state index contributed by atoms with van der Waals surface area (Å²) < 4.78 is 37.7. The number of ether oxygens (including phenoxy) is 1. The Hall–Kier alpha value is -3.15. The van der Waals surface area contributed by atoms with Gasteiger partial charge in [-0.05, 0) is 12.1 Å². The van der Waals surface area contributed by atoms with E-state index in [0.717, 1.165) is 0 Å². The number of hydrogen-bond donors (Lipinski definition) is 2. The number of rotatable bonds is 8. The number of aromatic nitrogens is 4. The number of aliphatic hydroxyl groups is 1. The molecule has 2 aromatic heterocycles. The zero-order valence-corrected chi connectivity index (χ0v) is 18.0. The number of amides is 1. The molecule has 1 unspecified atom stereocenters. The number of alkyl halides is 1. The minimum Gasteiger partial charge on any atom is -0.394 e. The maximum Gasteiger partial charge on any atom is 0.695 e. The number of carbonyl (C=O) groups is 1. The highest BCUT2D eigenvalue weighted by Crippen LogP contribution is 2.39. The number of anilines is 1. The smallest absolute Gasteiger partial charge is 0.394 e. The Morgan fingerprint density at radius 3 is 2.76 bits per heavy atom. The normalized spacial score (nSPS) is 22.9. The van der Waals surface area contributed by atoms with Crippen molar-refractivity contribution in [3.63, 3.8) is 0 Å². The van der Waals surface area contributed by atoms with Crippen molar-refractivity contribution in [1.29, 1.82) is 0 Å². The third-order valence-corrected chi connectivity index (χ3v) is 5.53. The van der Waals surface area contributed by atoms with Crippen molar-refractivity contribution in [1.82, 2.24) is 19.5 Å². The first kappa shape index (κ1) is 23.0. The standard InChI is InChI=1S/C20H19FN5O6P/c1-2-8-25(19(28)12-6-4-3-5-7-12)17-15-18(23-10-22-17)26(11-24-15)20-14(21)16(32-33(29)30)13(9-27)31-20/h2-7,10-11,13-14,16,20,27H,1,8-9H2/p+1/t13-,14-,16-,20-/m1/s1. The second-order valence-corrected chi connectivity index (χ2v) is 7.78. The predicted octanol–water partition coefficient (Wildman–Crippen LogP) is 1.92. The fourth-order valence-electron chi connectivity index (χ4n) is 3.65. The summed E-state index contributed by atoms with van der Waals surface area (Å²) in [6, 6.07) is 8.59. The quantitative estimate of drug-likeness (QED) is 0.369. The van der Waals surface area contributed by atoms with Gasteiger partial charge < -0.3 is 9.84 Å². The summed E-state index contributed by atoms with van der Waals surface area (Å²) >= 11 is 0. The van der Waals surface area contributed by atoms with Gasteiger partial charge >= 0.3 is 8.25 Å². The van der Waals surface area contributed by atoms with E-state index in [1.165, 1.54) is 28.2 Å². The molecule has 11 nitrogen and oxygen atoms in total. The van der Waals surface area contributed by atoms with Gasteiger partial charge in [0.05, 0.1) is 12.9 Å². The fraction of sp³-hybridized carbons (Fsp3) is 0.300. The molecule has 0 aliphatic carbocycles. The van der Waals surface area contributed by atoms with Gasteiger partial charge in [-0.1, -0.05) is 24.3 Å². The molecule has 33 heavy (non-hydrogen) atoms. The molecule has 5 atom stereocenters. The predicted molar refractivity (Wildman–Crippen MR) is 114 cm³/mol. The van der Waals surface area contributed by atoms with Crippen LogP contribution < -0.4 is 4.90 Å². The lowest BCUT2D eigenvalue weighted by molar-refractivity contribution is -0.0436. The molecule has 1 amide bonds. The minimum absolute atomic E-state index is 0.129. The molecule has 1 fully saturated rings. The maximum absolute atomic E-state index is 15.1. The van der Waals surface area contributed by atoms with Crippen molar-refractivity contribution < 1.29 is 33.0 Å². The van der Waals surface area contributed by atoms with Crippen LogP contribution in [0.3, 0.4) is 0 Å². The zero-order chi connectivity index (χ0) is 23.5. The summed E-state index contributed by atoms with van der Waals surface area (Å²) in [6.45, 7) is 3.20. The van der Waals surface area contributed by atoms with Gasteiger partial charge in [0.2, 0.25) is 0 Å². The second kappa shape index (κ2) is 9.77. The minimum atomic E-state index is -3.11. The SMILES string of the molecule is C=CCN(C(=O)c1ccccc1)c1ncnc2c1ncn2[C@@H]1O[C@H](CO)[C@@H](O[P+](=O)O)[C@H]1F. The fourth-order valence-corrected chi connectivity index (χ4v) is 4.11. The van der Waals surface area contributed by atoms with Crippen LogP contribution in [0.1, 0.15) is 16.6 Å². The van der Waals surface area contributed by atoms with Crippen LogP contribution in [0.4, 0.5) is 10.2 Å². The van der Waals surface area contributed by atoms with E-state index < -0.39 is 39.5 Å². The number of carbonyl (C=O) groups excluding carboxylic acids is 1. The number of aliphatic hydroxyl groups excluding tert-OH is 1. The average Bonchev–Trinajstić information content (AvgIpc) is 3.38. The van der Waals surface area contributed by atoms with Crippen LogP contribution >= 0.6 is 8.25 Å². The van der Waals surface area contributed by atoms with Crippen LogP contribution in [0.25, 0.3) is 11.2 Å².